The minimum atomic E-state index is -1.17. The second-order valence-corrected chi connectivity index (χ2v) is 9.87. The van der Waals surface area contributed by atoms with Crippen LogP contribution >= 0.6 is 23.2 Å². The average molecular weight is 504 g/mol. The molecule has 0 saturated carbocycles. The normalized spacial score (nSPS) is 22.7. The molecule has 2 aromatic carbocycles. The summed E-state index contributed by atoms with van der Waals surface area (Å²) in [5.41, 5.74) is 1.47. The van der Waals surface area contributed by atoms with Crippen molar-refractivity contribution in [1.29, 1.82) is 0 Å². The maximum atomic E-state index is 13.0. The Hall–Kier alpha value is -2.61. The van der Waals surface area contributed by atoms with Gasteiger partial charge in [0.1, 0.15) is 6.04 Å². The molecule has 2 saturated heterocycles. The first-order chi connectivity index (χ1) is 16.3. The van der Waals surface area contributed by atoms with Crippen molar-refractivity contribution < 1.29 is 19.5 Å². The van der Waals surface area contributed by atoms with Crippen LogP contribution < -0.4 is 10.6 Å². The van der Waals surface area contributed by atoms with Gasteiger partial charge in [0.2, 0.25) is 5.91 Å². The van der Waals surface area contributed by atoms with Crippen molar-refractivity contribution >= 4 is 41.0 Å². The van der Waals surface area contributed by atoms with E-state index in [1.807, 2.05) is 24.3 Å². The SMILES string of the molecule is O=C(O)C[C@@H](NC(=O)c1cccc(Cl)c1)C(=O)N[C@H]1C[C@H]2CC[C@@H](C1)N2Cc1ccc(Cl)cc1. The lowest BCUT2D eigenvalue weighted by molar-refractivity contribution is -0.140. The number of halogens is 2. The number of rotatable bonds is 8. The van der Waals surface area contributed by atoms with E-state index < -0.39 is 30.2 Å². The quantitative estimate of drug-likeness (QED) is 0.507. The molecule has 2 aliphatic rings. The van der Waals surface area contributed by atoms with E-state index in [0.29, 0.717) is 22.1 Å². The topological polar surface area (TPSA) is 98.7 Å². The van der Waals surface area contributed by atoms with Gasteiger partial charge >= 0.3 is 5.97 Å². The van der Waals surface area contributed by atoms with Crippen LogP contribution in [0.2, 0.25) is 10.0 Å². The molecule has 7 nitrogen and oxygen atoms in total. The predicted octanol–water partition coefficient (Wildman–Crippen LogP) is 3.88. The van der Waals surface area contributed by atoms with Crippen molar-refractivity contribution in [3.63, 3.8) is 0 Å². The molecule has 3 N–H and O–H groups in total. The molecule has 4 atom stereocenters. The van der Waals surface area contributed by atoms with Gasteiger partial charge in [0.25, 0.3) is 5.91 Å². The van der Waals surface area contributed by atoms with Crippen LogP contribution in [0, 0.1) is 0 Å². The molecule has 9 heteroatoms. The Bertz CT molecular complexity index is 1050. The number of amides is 2. The molecule has 2 aromatic rings. The Balaban J connectivity index is 1.37. The van der Waals surface area contributed by atoms with Crippen LogP contribution in [0.15, 0.2) is 48.5 Å². The number of aliphatic carboxylic acids is 1. The Morgan fingerprint density at radius 3 is 2.29 bits per heavy atom. The molecule has 0 spiro atoms. The molecule has 2 amide bonds. The van der Waals surface area contributed by atoms with Crippen LogP contribution in [0.5, 0.6) is 0 Å². The molecule has 2 bridgehead atoms. The van der Waals surface area contributed by atoms with E-state index in [1.54, 1.807) is 18.2 Å². The minimum Gasteiger partial charge on any atom is -0.481 e. The third-order valence-corrected chi connectivity index (χ3v) is 7.08. The molecule has 0 radical (unpaired) electrons. The van der Waals surface area contributed by atoms with Gasteiger partial charge in [-0.2, -0.15) is 0 Å². The molecule has 4 rings (SSSR count). The van der Waals surface area contributed by atoms with Crippen LogP contribution in [-0.4, -0.2) is 52.0 Å². The number of nitrogens with zero attached hydrogens (tertiary/aromatic N) is 1. The number of hydrogen-bond donors (Lipinski definition) is 3. The smallest absolute Gasteiger partial charge is 0.305 e. The summed E-state index contributed by atoms with van der Waals surface area (Å²) in [6.07, 6.45) is 3.21. The molecule has 2 fully saturated rings. The fraction of sp³-hybridized carbons (Fsp3) is 0.400. The van der Waals surface area contributed by atoms with Crippen LogP contribution in [0.1, 0.15) is 48.0 Å². The summed E-state index contributed by atoms with van der Waals surface area (Å²) in [6, 6.07) is 13.6. The predicted molar refractivity (Wildman–Crippen MR) is 130 cm³/mol. The highest BCUT2D eigenvalue weighted by molar-refractivity contribution is 6.31. The van der Waals surface area contributed by atoms with E-state index in [1.165, 1.54) is 11.6 Å². The number of fused-ring (bicyclic) bond motifs is 2. The molecule has 34 heavy (non-hydrogen) atoms. The van der Waals surface area contributed by atoms with Crippen molar-refractivity contribution in [3.05, 3.63) is 69.7 Å². The molecule has 2 aliphatic heterocycles. The van der Waals surface area contributed by atoms with E-state index in [2.05, 4.69) is 15.5 Å². The van der Waals surface area contributed by atoms with Crippen molar-refractivity contribution in [2.75, 3.05) is 0 Å². The maximum absolute atomic E-state index is 13.0. The Labute approximate surface area is 208 Å². The van der Waals surface area contributed by atoms with Crippen LogP contribution in [0.3, 0.4) is 0 Å². The van der Waals surface area contributed by atoms with Gasteiger partial charge < -0.3 is 15.7 Å². The zero-order valence-corrected chi connectivity index (χ0v) is 20.1. The number of carboxylic acids is 1. The Kier molecular flexibility index (Phi) is 7.76. The van der Waals surface area contributed by atoms with Gasteiger partial charge in [0, 0.05) is 40.3 Å². The highest BCUT2D eigenvalue weighted by Gasteiger charge is 2.41. The number of carboxylic acid groups (broad SMARTS) is 1. The van der Waals surface area contributed by atoms with Crippen molar-refractivity contribution in [1.82, 2.24) is 15.5 Å². The zero-order chi connectivity index (χ0) is 24.2. The molecule has 2 heterocycles. The fourth-order valence-corrected chi connectivity index (χ4v) is 5.32. The second-order valence-electron chi connectivity index (χ2n) is 8.99. The van der Waals surface area contributed by atoms with Crippen molar-refractivity contribution in [2.24, 2.45) is 0 Å². The third kappa shape index (κ3) is 6.09. The molecular weight excluding hydrogens is 477 g/mol. The zero-order valence-electron chi connectivity index (χ0n) is 18.5. The largest absolute Gasteiger partial charge is 0.481 e. The van der Waals surface area contributed by atoms with Gasteiger partial charge in [0.05, 0.1) is 6.42 Å². The number of carbonyl (C=O) groups is 3. The van der Waals surface area contributed by atoms with E-state index in [-0.39, 0.29) is 11.6 Å². The molecule has 0 aromatic heterocycles. The minimum absolute atomic E-state index is 0.0640. The monoisotopic (exact) mass is 503 g/mol. The van der Waals surface area contributed by atoms with Crippen LogP contribution in [0.4, 0.5) is 0 Å². The lowest BCUT2D eigenvalue weighted by atomic mass is 9.96. The van der Waals surface area contributed by atoms with Gasteiger partial charge in [-0.05, 0) is 61.6 Å². The van der Waals surface area contributed by atoms with E-state index in [0.717, 1.165) is 32.2 Å². The molecule has 0 aliphatic carbocycles. The first kappa shape index (κ1) is 24.5. The summed E-state index contributed by atoms with van der Waals surface area (Å²) in [7, 11) is 0. The summed E-state index contributed by atoms with van der Waals surface area (Å²) in [5, 5.41) is 15.9. The number of carbonyl (C=O) groups excluding carboxylic acids is 2. The van der Waals surface area contributed by atoms with Gasteiger partial charge in [-0.15, -0.1) is 0 Å². The number of nitrogens with one attached hydrogen (secondary N) is 2. The van der Waals surface area contributed by atoms with E-state index in [9.17, 15) is 19.5 Å². The summed E-state index contributed by atoms with van der Waals surface area (Å²) in [4.78, 5) is 39.4. The number of hydrogen-bond acceptors (Lipinski definition) is 4. The lowest BCUT2D eigenvalue weighted by Crippen LogP contribution is -2.54. The lowest BCUT2D eigenvalue weighted by Gasteiger charge is -2.39. The third-order valence-electron chi connectivity index (χ3n) is 6.60. The van der Waals surface area contributed by atoms with E-state index >= 15 is 0 Å². The highest BCUT2D eigenvalue weighted by Crippen LogP contribution is 2.37. The number of piperidine rings is 1. The van der Waals surface area contributed by atoms with Gasteiger partial charge in [0.15, 0.2) is 0 Å². The fourth-order valence-electron chi connectivity index (χ4n) is 5.01. The first-order valence-corrected chi connectivity index (χ1v) is 12.1. The molecule has 0 unspecified atom stereocenters. The maximum Gasteiger partial charge on any atom is 0.305 e. The van der Waals surface area contributed by atoms with E-state index in [4.69, 9.17) is 23.2 Å². The Morgan fingerprint density at radius 1 is 1.00 bits per heavy atom. The molecular formula is C25H27Cl2N3O4. The van der Waals surface area contributed by atoms with Crippen molar-refractivity contribution in [2.45, 2.75) is 62.8 Å². The average Bonchev–Trinajstić information content (AvgIpc) is 3.01. The van der Waals surface area contributed by atoms with Crippen molar-refractivity contribution in [3.8, 4) is 0 Å². The standard InChI is InChI=1S/C25H27Cl2N3O4/c26-17-6-4-15(5-7-17)14-30-20-8-9-21(30)12-19(11-20)28-25(34)22(13-23(31)32)29-24(33)16-2-1-3-18(27)10-16/h1-7,10,19-22H,8-9,11-14H2,(H,28,34)(H,29,33)(H,31,32)/t19-,20+,21-,22-/m1/s1. The van der Waals surface area contributed by atoms with Gasteiger partial charge in [-0.25, -0.2) is 0 Å². The van der Waals surface area contributed by atoms with Gasteiger partial charge in [-0.1, -0.05) is 41.4 Å². The summed E-state index contributed by atoms with van der Waals surface area (Å²) in [5.74, 6) is -2.18. The summed E-state index contributed by atoms with van der Waals surface area (Å²) in [6.45, 7) is 0.838. The summed E-state index contributed by atoms with van der Waals surface area (Å²) < 4.78 is 0. The van der Waals surface area contributed by atoms with Gasteiger partial charge in [-0.3, -0.25) is 19.3 Å². The second kappa shape index (κ2) is 10.8. The Morgan fingerprint density at radius 2 is 1.68 bits per heavy atom. The van der Waals surface area contributed by atoms with Crippen LogP contribution in [0.25, 0.3) is 0 Å². The highest BCUT2D eigenvalue weighted by atomic mass is 35.5. The van der Waals surface area contributed by atoms with Crippen LogP contribution in [-0.2, 0) is 16.1 Å². The number of benzene rings is 2. The summed E-state index contributed by atoms with van der Waals surface area (Å²) >= 11 is 11.9. The molecule has 180 valence electrons. The first-order valence-electron chi connectivity index (χ1n) is 11.4.